The Balaban J connectivity index is 1.46. The van der Waals surface area contributed by atoms with E-state index in [0.29, 0.717) is 35.3 Å². The van der Waals surface area contributed by atoms with E-state index in [1.165, 1.54) is 4.90 Å². The first-order chi connectivity index (χ1) is 21.1. The fourth-order valence-corrected chi connectivity index (χ4v) is 7.66. The minimum Gasteiger partial charge on any atom is -0.494 e. The Morgan fingerprint density at radius 3 is 2.41 bits per heavy atom. The molecular formula is C34H38ClN3O6. The molecule has 9 nitrogen and oxygen atoms in total. The third kappa shape index (κ3) is 4.64. The van der Waals surface area contributed by atoms with Gasteiger partial charge in [0.05, 0.1) is 47.9 Å². The van der Waals surface area contributed by atoms with E-state index in [1.54, 1.807) is 21.9 Å². The van der Waals surface area contributed by atoms with Crippen LogP contribution in [0.2, 0.25) is 5.02 Å². The van der Waals surface area contributed by atoms with Crippen molar-refractivity contribution in [2.75, 3.05) is 36.1 Å². The van der Waals surface area contributed by atoms with Gasteiger partial charge in [0.25, 0.3) is 5.91 Å². The highest BCUT2D eigenvalue weighted by atomic mass is 35.5. The average Bonchev–Trinajstić information content (AvgIpc) is 3.30. The van der Waals surface area contributed by atoms with Crippen molar-refractivity contribution in [1.29, 1.82) is 0 Å². The molecule has 1 unspecified atom stereocenters. The quantitative estimate of drug-likeness (QED) is 0.468. The van der Waals surface area contributed by atoms with Crippen molar-refractivity contribution in [2.45, 2.75) is 51.5 Å². The lowest BCUT2D eigenvalue weighted by atomic mass is 9.77. The predicted molar refractivity (Wildman–Crippen MR) is 168 cm³/mol. The molecule has 2 fully saturated rings. The first-order valence-electron chi connectivity index (χ1n) is 15.2. The number of aliphatic hydroxyl groups is 1. The molecule has 6 atom stereocenters. The molecule has 6 rings (SSSR count). The molecule has 0 radical (unpaired) electrons. The number of hydrogen-bond acceptors (Lipinski definition) is 6. The number of aryl methyl sites for hydroxylation is 1. The number of likely N-dealkylation sites (tertiary alicyclic amines) is 1. The number of benzene rings is 2. The summed E-state index contributed by atoms with van der Waals surface area (Å²) in [5.41, 5.74) is 0.627. The summed E-state index contributed by atoms with van der Waals surface area (Å²) in [6.07, 6.45) is 6.63. The van der Waals surface area contributed by atoms with Gasteiger partial charge in [-0.3, -0.25) is 14.4 Å². The first-order valence-corrected chi connectivity index (χ1v) is 15.6. The van der Waals surface area contributed by atoms with Gasteiger partial charge >= 0.3 is 0 Å². The number of carbonyl (C=O) groups is 3. The predicted octanol–water partition coefficient (Wildman–Crippen LogP) is 4.15. The summed E-state index contributed by atoms with van der Waals surface area (Å²) >= 11 is 6.64. The molecular weight excluding hydrogens is 582 g/mol. The van der Waals surface area contributed by atoms with E-state index in [2.05, 4.69) is 0 Å². The molecule has 0 saturated carbocycles. The molecule has 10 heteroatoms. The van der Waals surface area contributed by atoms with Crippen LogP contribution in [0.5, 0.6) is 5.75 Å². The van der Waals surface area contributed by atoms with Crippen molar-refractivity contribution >= 4 is 40.7 Å². The van der Waals surface area contributed by atoms with Crippen molar-refractivity contribution in [1.82, 2.24) is 4.90 Å². The van der Waals surface area contributed by atoms with Gasteiger partial charge in [-0.05, 0) is 55.7 Å². The van der Waals surface area contributed by atoms with Gasteiger partial charge in [-0.15, -0.1) is 0 Å². The summed E-state index contributed by atoms with van der Waals surface area (Å²) in [6.45, 7) is 8.30. The number of hydrogen-bond donors (Lipinski definition) is 1. The van der Waals surface area contributed by atoms with Crippen molar-refractivity contribution in [3.05, 3.63) is 77.4 Å². The molecule has 4 aliphatic rings. The van der Waals surface area contributed by atoms with E-state index in [4.69, 9.17) is 21.1 Å². The SMILES string of the molecule is CCOc1ccc(N2CC=C[C@H]3O[C@]45C=CCN(c6c(C)cccc6Cl)C(=O)C4N([C@@H](CO)C(C)C)C(=O)[C@@H]5[C@H]3C2=O)cc1. The maximum atomic E-state index is 14.7. The van der Waals surface area contributed by atoms with Crippen LogP contribution in [0.1, 0.15) is 26.3 Å². The van der Waals surface area contributed by atoms with Gasteiger partial charge in [0.1, 0.15) is 17.4 Å². The van der Waals surface area contributed by atoms with Crippen LogP contribution in [0.3, 0.4) is 0 Å². The molecule has 4 aliphatic heterocycles. The second-order valence-corrected chi connectivity index (χ2v) is 12.5. The van der Waals surface area contributed by atoms with E-state index >= 15 is 0 Å². The highest BCUT2D eigenvalue weighted by Gasteiger charge is 2.72. The zero-order valence-electron chi connectivity index (χ0n) is 25.4. The zero-order valence-corrected chi connectivity index (χ0v) is 26.1. The smallest absolute Gasteiger partial charge is 0.253 e. The summed E-state index contributed by atoms with van der Waals surface area (Å²) in [4.78, 5) is 48.6. The van der Waals surface area contributed by atoms with Crippen LogP contribution in [0.25, 0.3) is 0 Å². The van der Waals surface area contributed by atoms with Gasteiger partial charge < -0.3 is 29.3 Å². The Hall–Kier alpha value is -3.66. The number of amides is 3. The Kier molecular flexibility index (Phi) is 8.07. The van der Waals surface area contributed by atoms with Crippen LogP contribution >= 0.6 is 11.6 Å². The number of carbonyl (C=O) groups excluding carboxylic acids is 3. The minimum atomic E-state index is -1.42. The maximum Gasteiger partial charge on any atom is 0.253 e. The van der Waals surface area contributed by atoms with E-state index in [0.717, 1.165) is 5.56 Å². The molecule has 3 amide bonds. The fraction of sp³-hybridized carbons (Fsp3) is 0.441. The molecule has 1 N–H and O–H groups in total. The molecule has 2 saturated heterocycles. The molecule has 0 aliphatic carbocycles. The minimum absolute atomic E-state index is 0.170. The van der Waals surface area contributed by atoms with Crippen molar-refractivity contribution in [2.24, 2.45) is 17.8 Å². The van der Waals surface area contributed by atoms with Crippen molar-refractivity contribution in [3.63, 3.8) is 0 Å². The molecule has 4 heterocycles. The van der Waals surface area contributed by atoms with Crippen molar-refractivity contribution in [3.8, 4) is 5.75 Å². The number of fused-ring (bicyclic) bond motifs is 2. The molecule has 44 heavy (non-hydrogen) atoms. The molecule has 0 aromatic heterocycles. The van der Waals surface area contributed by atoms with Gasteiger partial charge in [0.15, 0.2) is 0 Å². The third-order valence-electron chi connectivity index (χ3n) is 9.33. The van der Waals surface area contributed by atoms with Crippen LogP contribution in [0, 0.1) is 24.7 Å². The number of para-hydroxylation sites is 1. The monoisotopic (exact) mass is 619 g/mol. The largest absolute Gasteiger partial charge is 0.494 e. The van der Waals surface area contributed by atoms with Crippen LogP contribution in [-0.4, -0.2) is 77.8 Å². The molecule has 232 valence electrons. The van der Waals surface area contributed by atoms with Crippen LogP contribution in [-0.2, 0) is 19.1 Å². The second kappa shape index (κ2) is 11.7. The van der Waals surface area contributed by atoms with Gasteiger partial charge in [0.2, 0.25) is 11.8 Å². The lowest BCUT2D eigenvalue weighted by Gasteiger charge is -2.40. The Morgan fingerprint density at radius 1 is 1.02 bits per heavy atom. The summed E-state index contributed by atoms with van der Waals surface area (Å²) in [7, 11) is 0. The van der Waals surface area contributed by atoms with E-state index < -0.39 is 35.6 Å². The van der Waals surface area contributed by atoms with Gasteiger partial charge in [0, 0.05) is 18.8 Å². The summed E-state index contributed by atoms with van der Waals surface area (Å²) in [6, 6.07) is 10.9. The lowest BCUT2D eigenvalue weighted by molar-refractivity contribution is -0.145. The maximum absolute atomic E-state index is 14.7. The number of rotatable bonds is 7. The van der Waals surface area contributed by atoms with E-state index in [1.807, 2.05) is 82.3 Å². The summed E-state index contributed by atoms with van der Waals surface area (Å²) < 4.78 is 12.4. The topological polar surface area (TPSA) is 99.6 Å². The summed E-state index contributed by atoms with van der Waals surface area (Å²) in [5.74, 6) is -2.32. The number of anilines is 2. The molecule has 2 aromatic carbocycles. The number of aliphatic hydroxyl groups excluding tert-OH is 1. The second-order valence-electron chi connectivity index (χ2n) is 12.1. The van der Waals surface area contributed by atoms with Crippen LogP contribution in [0.15, 0.2) is 66.8 Å². The average molecular weight is 620 g/mol. The number of ether oxygens (including phenoxy) is 2. The van der Waals surface area contributed by atoms with Crippen LogP contribution < -0.4 is 14.5 Å². The zero-order chi connectivity index (χ0) is 31.3. The number of nitrogens with zero attached hydrogens (tertiary/aromatic N) is 3. The molecule has 1 spiro atoms. The normalized spacial score (nSPS) is 28.6. The lowest BCUT2D eigenvalue weighted by Crippen LogP contribution is -2.59. The van der Waals surface area contributed by atoms with Crippen molar-refractivity contribution < 1.29 is 29.0 Å². The highest BCUT2D eigenvalue weighted by Crippen LogP contribution is 2.55. The Bertz CT molecular complexity index is 1500. The highest BCUT2D eigenvalue weighted by molar-refractivity contribution is 6.34. The van der Waals surface area contributed by atoms with Crippen LogP contribution in [0.4, 0.5) is 11.4 Å². The Labute approximate surface area is 262 Å². The van der Waals surface area contributed by atoms with E-state index in [9.17, 15) is 19.5 Å². The van der Waals surface area contributed by atoms with Gasteiger partial charge in [-0.1, -0.05) is 61.9 Å². The molecule has 0 bridgehead atoms. The third-order valence-corrected chi connectivity index (χ3v) is 9.63. The molecule has 2 aromatic rings. The van der Waals surface area contributed by atoms with Gasteiger partial charge in [-0.2, -0.15) is 0 Å². The standard InChI is InChI=1S/C34H38ClN3O6/c1-5-43-23-14-12-22(13-15-23)36-17-7-11-26-27(31(36)40)28-32(41)38(25(19-39)20(2)3)30-33(42)37(18-8-16-34(28,30)44-26)29-21(4)9-6-10-24(29)35/h6-16,20,25-28,30,39H,5,17-19H2,1-4H3/t25-,26+,27-,28-,30?,34-/m0/s1. The van der Waals surface area contributed by atoms with E-state index in [-0.39, 0.29) is 36.8 Å². The van der Waals surface area contributed by atoms with Gasteiger partial charge in [-0.25, -0.2) is 0 Å². The fourth-order valence-electron chi connectivity index (χ4n) is 7.34. The Morgan fingerprint density at radius 2 is 1.75 bits per heavy atom. The first kappa shape index (κ1) is 30.4. The number of halogens is 1. The summed E-state index contributed by atoms with van der Waals surface area (Å²) in [5, 5.41) is 11.0.